The minimum Gasteiger partial charge on any atom is -0.350 e. The molecule has 1 aromatic rings. The zero-order valence-corrected chi connectivity index (χ0v) is 12.9. The average molecular weight is 296 g/mol. The fourth-order valence-corrected chi connectivity index (χ4v) is 2.87. The van der Waals surface area contributed by atoms with E-state index < -0.39 is 0 Å². The zero-order valence-electron chi connectivity index (χ0n) is 12.1. The molecular formula is C14H24N4OS. The quantitative estimate of drug-likeness (QED) is 0.755. The van der Waals surface area contributed by atoms with Gasteiger partial charge in [0.25, 0.3) is 0 Å². The number of amides is 1. The Labute approximate surface area is 124 Å². The molecule has 0 aromatic carbocycles. The summed E-state index contributed by atoms with van der Waals surface area (Å²) >= 11 is 1.67. The van der Waals surface area contributed by atoms with Crippen molar-refractivity contribution in [3.8, 4) is 0 Å². The van der Waals surface area contributed by atoms with Gasteiger partial charge in [0.15, 0.2) is 0 Å². The number of rotatable bonds is 7. The molecule has 0 spiro atoms. The summed E-state index contributed by atoms with van der Waals surface area (Å²) in [6, 6.07) is 4.05. The lowest BCUT2D eigenvalue weighted by Crippen LogP contribution is -2.46. The van der Waals surface area contributed by atoms with Gasteiger partial charge in [-0.2, -0.15) is 0 Å². The van der Waals surface area contributed by atoms with Crippen LogP contribution in [0.5, 0.6) is 0 Å². The molecule has 0 radical (unpaired) electrons. The molecule has 0 unspecified atom stereocenters. The summed E-state index contributed by atoms with van der Waals surface area (Å²) in [5, 5.41) is 8.34. The molecule has 1 saturated heterocycles. The van der Waals surface area contributed by atoms with E-state index in [9.17, 15) is 4.79 Å². The molecule has 6 heteroatoms. The van der Waals surface area contributed by atoms with Crippen molar-refractivity contribution in [1.29, 1.82) is 0 Å². The highest BCUT2D eigenvalue weighted by Crippen LogP contribution is 2.07. The second kappa shape index (κ2) is 8.36. The summed E-state index contributed by atoms with van der Waals surface area (Å²) < 4.78 is 0. The van der Waals surface area contributed by atoms with Crippen LogP contribution in [0, 0.1) is 0 Å². The third kappa shape index (κ3) is 5.58. The van der Waals surface area contributed by atoms with Gasteiger partial charge in [0.1, 0.15) is 0 Å². The highest BCUT2D eigenvalue weighted by atomic mass is 32.1. The van der Waals surface area contributed by atoms with E-state index in [1.807, 2.05) is 24.6 Å². The van der Waals surface area contributed by atoms with Crippen LogP contribution in [-0.4, -0.2) is 68.6 Å². The van der Waals surface area contributed by atoms with Gasteiger partial charge < -0.3 is 10.6 Å². The molecule has 0 bridgehead atoms. The van der Waals surface area contributed by atoms with Gasteiger partial charge in [0, 0.05) is 44.1 Å². The minimum atomic E-state index is 0.0983. The summed E-state index contributed by atoms with van der Waals surface area (Å²) in [5.41, 5.74) is 0. The number of nitrogens with one attached hydrogen (secondary N) is 2. The van der Waals surface area contributed by atoms with E-state index in [2.05, 4.69) is 20.4 Å². The van der Waals surface area contributed by atoms with E-state index in [-0.39, 0.29) is 5.91 Å². The van der Waals surface area contributed by atoms with Crippen LogP contribution >= 0.6 is 11.3 Å². The summed E-state index contributed by atoms with van der Waals surface area (Å²) in [6.45, 7) is 7.45. The third-order valence-electron chi connectivity index (χ3n) is 3.46. The second-order valence-electron chi connectivity index (χ2n) is 5.19. The molecule has 1 aliphatic heterocycles. The smallest absolute Gasteiger partial charge is 0.234 e. The molecule has 2 heterocycles. The molecule has 20 heavy (non-hydrogen) atoms. The number of piperazine rings is 1. The summed E-state index contributed by atoms with van der Waals surface area (Å²) in [4.78, 5) is 17.6. The first-order valence-corrected chi connectivity index (χ1v) is 8.03. The average Bonchev–Trinajstić information content (AvgIpc) is 2.97. The van der Waals surface area contributed by atoms with Crippen LogP contribution in [-0.2, 0) is 11.3 Å². The highest BCUT2D eigenvalue weighted by Gasteiger charge is 2.11. The van der Waals surface area contributed by atoms with E-state index in [4.69, 9.17) is 0 Å². The Morgan fingerprint density at radius 3 is 3.00 bits per heavy atom. The van der Waals surface area contributed by atoms with Crippen LogP contribution in [0.4, 0.5) is 0 Å². The number of carbonyl (C=O) groups is 1. The van der Waals surface area contributed by atoms with Crippen LogP contribution in [0.15, 0.2) is 17.5 Å². The van der Waals surface area contributed by atoms with Crippen LogP contribution in [0.2, 0.25) is 0 Å². The molecule has 0 saturated carbocycles. The predicted octanol–water partition coefficient (Wildman–Crippen LogP) is 0.201. The fourth-order valence-electron chi connectivity index (χ4n) is 2.23. The fraction of sp³-hybridized carbons (Fsp3) is 0.643. The number of carbonyl (C=O) groups excluding carboxylic acids is 1. The maximum absolute atomic E-state index is 11.8. The maximum Gasteiger partial charge on any atom is 0.234 e. The Hall–Kier alpha value is -0.950. The topological polar surface area (TPSA) is 47.6 Å². The van der Waals surface area contributed by atoms with Crippen LogP contribution in [0.1, 0.15) is 4.88 Å². The standard InChI is InChI=1S/C14H24N4OS/c1-17(8-9-18-6-4-15-5-7-18)12-14(19)16-11-13-3-2-10-20-13/h2-3,10,15H,4-9,11-12H2,1H3,(H,16,19). The Bertz CT molecular complexity index is 390. The number of thiophene rings is 1. The number of likely N-dealkylation sites (N-methyl/N-ethyl adjacent to an activating group) is 1. The molecule has 2 N–H and O–H groups in total. The number of hydrogen-bond donors (Lipinski definition) is 2. The molecule has 0 atom stereocenters. The molecule has 2 rings (SSSR count). The van der Waals surface area contributed by atoms with Gasteiger partial charge in [-0.25, -0.2) is 0 Å². The maximum atomic E-state index is 11.8. The summed E-state index contributed by atoms with van der Waals surface area (Å²) in [5.74, 6) is 0.0983. The van der Waals surface area contributed by atoms with Crippen molar-refractivity contribution in [3.05, 3.63) is 22.4 Å². The van der Waals surface area contributed by atoms with Gasteiger partial charge in [0.2, 0.25) is 5.91 Å². The van der Waals surface area contributed by atoms with Crippen molar-refractivity contribution in [2.45, 2.75) is 6.54 Å². The van der Waals surface area contributed by atoms with E-state index in [1.165, 1.54) is 4.88 Å². The normalized spacial score (nSPS) is 16.5. The third-order valence-corrected chi connectivity index (χ3v) is 4.34. The molecule has 1 amide bonds. The summed E-state index contributed by atoms with van der Waals surface area (Å²) in [7, 11) is 2.01. The first kappa shape index (κ1) is 15.4. The minimum absolute atomic E-state index is 0.0983. The number of hydrogen-bond acceptors (Lipinski definition) is 5. The lowest BCUT2D eigenvalue weighted by atomic mass is 10.3. The van der Waals surface area contributed by atoms with Gasteiger partial charge >= 0.3 is 0 Å². The molecular weight excluding hydrogens is 272 g/mol. The molecule has 1 aliphatic rings. The van der Waals surface area contributed by atoms with Gasteiger partial charge in [-0.1, -0.05) is 6.07 Å². The number of nitrogens with zero attached hydrogens (tertiary/aromatic N) is 2. The molecule has 5 nitrogen and oxygen atoms in total. The van der Waals surface area contributed by atoms with Gasteiger partial charge in [-0.05, 0) is 18.5 Å². The van der Waals surface area contributed by atoms with Crippen molar-refractivity contribution in [2.75, 3.05) is 52.9 Å². The molecule has 0 aliphatic carbocycles. The Balaban J connectivity index is 1.58. The lowest BCUT2D eigenvalue weighted by Gasteiger charge is -2.28. The zero-order chi connectivity index (χ0) is 14.2. The van der Waals surface area contributed by atoms with Crippen LogP contribution in [0.3, 0.4) is 0 Å². The largest absolute Gasteiger partial charge is 0.350 e. The van der Waals surface area contributed by atoms with Gasteiger partial charge in [-0.3, -0.25) is 14.6 Å². The Morgan fingerprint density at radius 1 is 1.50 bits per heavy atom. The van der Waals surface area contributed by atoms with Crippen LogP contribution < -0.4 is 10.6 Å². The van der Waals surface area contributed by atoms with Crippen molar-refractivity contribution in [3.63, 3.8) is 0 Å². The lowest BCUT2D eigenvalue weighted by molar-refractivity contribution is -0.122. The monoisotopic (exact) mass is 296 g/mol. The molecule has 112 valence electrons. The van der Waals surface area contributed by atoms with Crippen molar-refractivity contribution >= 4 is 17.2 Å². The molecule has 1 aromatic heterocycles. The SMILES string of the molecule is CN(CCN1CCNCC1)CC(=O)NCc1cccs1. The highest BCUT2D eigenvalue weighted by molar-refractivity contribution is 7.09. The Morgan fingerprint density at radius 2 is 2.30 bits per heavy atom. The molecule has 1 fully saturated rings. The second-order valence-corrected chi connectivity index (χ2v) is 6.22. The van der Waals surface area contributed by atoms with E-state index in [0.717, 1.165) is 39.3 Å². The first-order chi connectivity index (χ1) is 9.74. The Kier molecular flexibility index (Phi) is 6.46. The van der Waals surface area contributed by atoms with Gasteiger partial charge in [0.05, 0.1) is 13.1 Å². The van der Waals surface area contributed by atoms with E-state index >= 15 is 0 Å². The van der Waals surface area contributed by atoms with Crippen molar-refractivity contribution < 1.29 is 4.79 Å². The van der Waals surface area contributed by atoms with E-state index in [0.29, 0.717) is 13.1 Å². The van der Waals surface area contributed by atoms with E-state index in [1.54, 1.807) is 11.3 Å². The van der Waals surface area contributed by atoms with Crippen molar-refractivity contribution in [1.82, 2.24) is 20.4 Å². The predicted molar refractivity (Wildman–Crippen MR) is 83.0 cm³/mol. The summed E-state index contributed by atoms with van der Waals surface area (Å²) in [6.07, 6.45) is 0. The van der Waals surface area contributed by atoms with Crippen molar-refractivity contribution in [2.24, 2.45) is 0 Å². The van der Waals surface area contributed by atoms with Crippen LogP contribution in [0.25, 0.3) is 0 Å². The first-order valence-electron chi connectivity index (χ1n) is 7.15. The van der Waals surface area contributed by atoms with Gasteiger partial charge in [-0.15, -0.1) is 11.3 Å².